The molecular weight excluding hydrogens is 194 g/mol. The fourth-order valence-electron chi connectivity index (χ4n) is 1.74. The first-order chi connectivity index (χ1) is 7.09. The highest BCUT2D eigenvalue weighted by atomic mass is 16.5. The van der Waals surface area contributed by atoms with Crippen molar-refractivity contribution in [1.29, 1.82) is 0 Å². The summed E-state index contributed by atoms with van der Waals surface area (Å²) < 4.78 is 5.23. The number of hydrogen-bond acceptors (Lipinski definition) is 3. The minimum Gasteiger partial charge on any atom is -0.391 e. The molecule has 0 aromatic heterocycles. The van der Waals surface area contributed by atoms with Gasteiger partial charge in [-0.25, -0.2) is 0 Å². The Morgan fingerprint density at radius 2 is 2.33 bits per heavy atom. The van der Waals surface area contributed by atoms with Gasteiger partial charge in [-0.05, 0) is 25.2 Å². The second kappa shape index (κ2) is 6.08. The lowest BCUT2D eigenvalue weighted by atomic mass is 10.1. The van der Waals surface area contributed by atoms with Crippen molar-refractivity contribution in [3.8, 4) is 0 Å². The minimum atomic E-state index is -0.449. The third kappa shape index (κ3) is 4.62. The maximum Gasteiger partial charge on any atom is 0.249 e. The molecule has 0 aromatic rings. The van der Waals surface area contributed by atoms with Crippen LogP contribution in [-0.2, 0) is 9.53 Å². The molecule has 0 spiro atoms. The van der Waals surface area contributed by atoms with Crippen LogP contribution in [0, 0.1) is 5.92 Å². The summed E-state index contributed by atoms with van der Waals surface area (Å²) in [5.41, 5.74) is 0. The highest BCUT2D eigenvalue weighted by Crippen LogP contribution is 2.11. The van der Waals surface area contributed by atoms with E-state index in [0.717, 1.165) is 12.8 Å². The van der Waals surface area contributed by atoms with E-state index in [9.17, 15) is 9.90 Å². The number of aliphatic hydroxyl groups excluding tert-OH is 1. The summed E-state index contributed by atoms with van der Waals surface area (Å²) in [4.78, 5) is 11.5. The zero-order chi connectivity index (χ0) is 11.3. The van der Waals surface area contributed by atoms with Crippen LogP contribution >= 0.6 is 0 Å². The van der Waals surface area contributed by atoms with Crippen molar-refractivity contribution in [1.82, 2.24) is 5.32 Å². The van der Waals surface area contributed by atoms with E-state index in [0.29, 0.717) is 25.5 Å². The van der Waals surface area contributed by atoms with Gasteiger partial charge in [-0.2, -0.15) is 0 Å². The molecule has 0 aliphatic carbocycles. The smallest absolute Gasteiger partial charge is 0.249 e. The van der Waals surface area contributed by atoms with E-state index in [1.807, 2.05) is 13.8 Å². The number of hydrogen-bond donors (Lipinski definition) is 2. The van der Waals surface area contributed by atoms with Crippen molar-refractivity contribution in [3.63, 3.8) is 0 Å². The van der Waals surface area contributed by atoms with Crippen LogP contribution in [0.4, 0.5) is 0 Å². The van der Waals surface area contributed by atoms with Crippen LogP contribution in [0.1, 0.15) is 33.1 Å². The number of amides is 1. The highest BCUT2D eigenvalue weighted by molar-refractivity contribution is 5.80. The molecule has 2 atom stereocenters. The standard InChI is InChI=1S/C11H21NO3/c1-8(2)6-9(13)7-12-11(14)10-4-3-5-15-10/h8-10,13H,3-7H2,1-2H3,(H,12,14)/t9?,10-/m0/s1. The molecule has 0 aromatic carbocycles. The molecule has 15 heavy (non-hydrogen) atoms. The molecule has 1 amide bonds. The molecule has 1 aliphatic heterocycles. The minimum absolute atomic E-state index is 0.0877. The second-order valence-electron chi connectivity index (χ2n) is 4.53. The largest absolute Gasteiger partial charge is 0.391 e. The SMILES string of the molecule is CC(C)CC(O)CNC(=O)[C@@H]1CCCO1. The zero-order valence-corrected chi connectivity index (χ0v) is 9.53. The van der Waals surface area contributed by atoms with Gasteiger partial charge in [0.25, 0.3) is 0 Å². The van der Waals surface area contributed by atoms with Gasteiger partial charge >= 0.3 is 0 Å². The van der Waals surface area contributed by atoms with Crippen molar-refractivity contribution in [3.05, 3.63) is 0 Å². The van der Waals surface area contributed by atoms with Gasteiger partial charge in [0.2, 0.25) is 5.91 Å². The maximum atomic E-state index is 11.5. The molecule has 1 rings (SSSR count). The van der Waals surface area contributed by atoms with Gasteiger partial charge in [-0.3, -0.25) is 4.79 Å². The van der Waals surface area contributed by atoms with Crippen LogP contribution in [0.3, 0.4) is 0 Å². The third-order valence-electron chi connectivity index (χ3n) is 2.48. The lowest BCUT2D eigenvalue weighted by Crippen LogP contribution is -2.39. The molecule has 0 bridgehead atoms. The molecule has 4 nitrogen and oxygen atoms in total. The van der Waals surface area contributed by atoms with Crippen LogP contribution in [0.15, 0.2) is 0 Å². The first-order valence-corrected chi connectivity index (χ1v) is 5.67. The van der Waals surface area contributed by atoms with Gasteiger partial charge in [0.15, 0.2) is 0 Å². The summed E-state index contributed by atoms with van der Waals surface area (Å²) in [6.45, 7) is 5.10. The summed E-state index contributed by atoms with van der Waals surface area (Å²) in [5.74, 6) is 0.356. The zero-order valence-electron chi connectivity index (χ0n) is 9.53. The molecule has 4 heteroatoms. The Labute approximate surface area is 91.0 Å². The Hall–Kier alpha value is -0.610. The molecule has 1 saturated heterocycles. The van der Waals surface area contributed by atoms with E-state index in [1.165, 1.54) is 0 Å². The van der Waals surface area contributed by atoms with Crippen molar-refractivity contribution in [2.75, 3.05) is 13.2 Å². The highest BCUT2D eigenvalue weighted by Gasteiger charge is 2.23. The van der Waals surface area contributed by atoms with Crippen LogP contribution in [0.25, 0.3) is 0 Å². The molecule has 2 N–H and O–H groups in total. The normalized spacial score (nSPS) is 23.1. The van der Waals surface area contributed by atoms with E-state index < -0.39 is 6.10 Å². The summed E-state index contributed by atoms with van der Waals surface area (Å²) in [6.07, 6.45) is 1.72. The topological polar surface area (TPSA) is 58.6 Å². The average molecular weight is 215 g/mol. The molecular formula is C11H21NO3. The van der Waals surface area contributed by atoms with Gasteiger partial charge in [0.05, 0.1) is 6.10 Å². The number of nitrogens with one attached hydrogen (secondary N) is 1. The van der Waals surface area contributed by atoms with E-state index >= 15 is 0 Å². The van der Waals surface area contributed by atoms with Gasteiger partial charge in [0, 0.05) is 13.2 Å². The monoisotopic (exact) mass is 215 g/mol. The van der Waals surface area contributed by atoms with E-state index in [4.69, 9.17) is 4.74 Å². The first-order valence-electron chi connectivity index (χ1n) is 5.67. The fourth-order valence-corrected chi connectivity index (χ4v) is 1.74. The second-order valence-corrected chi connectivity index (χ2v) is 4.53. The molecule has 1 aliphatic rings. The Balaban J connectivity index is 2.15. The molecule has 1 fully saturated rings. The summed E-state index contributed by atoms with van der Waals surface area (Å²) in [7, 11) is 0. The number of carbonyl (C=O) groups is 1. The lowest BCUT2D eigenvalue weighted by molar-refractivity contribution is -0.130. The Morgan fingerprint density at radius 1 is 1.60 bits per heavy atom. The average Bonchev–Trinajstić information content (AvgIpc) is 2.65. The van der Waals surface area contributed by atoms with Gasteiger partial charge < -0.3 is 15.2 Å². The Kier molecular flexibility index (Phi) is 5.05. The number of rotatable bonds is 5. The van der Waals surface area contributed by atoms with Crippen molar-refractivity contribution >= 4 is 5.91 Å². The molecule has 1 unspecified atom stereocenters. The van der Waals surface area contributed by atoms with Crippen LogP contribution < -0.4 is 5.32 Å². The first kappa shape index (κ1) is 12.5. The van der Waals surface area contributed by atoms with E-state index in [2.05, 4.69) is 5.32 Å². The van der Waals surface area contributed by atoms with Crippen LogP contribution in [-0.4, -0.2) is 36.4 Å². The summed E-state index contributed by atoms with van der Waals surface area (Å²) >= 11 is 0. The van der Waals surface area contributed by atoms with Crippen molar-refractivity contribution < 1.29 is 14.6 Å². The van der Waals surface area contributed by atoms with Gasteiger partial charge in [-0.15, -0.1) is 0 Å². The maximum absolute atomic E-state index is 11.5. The molecule has 0 radical (unpaired) electrons. The van der Waals surface area contributed by atoms with Crippen molar-refractivity contribution in [2.24, 2.45) is 5.92 Å². The van der Waals surface area contributed by atoms with Crippen LogP contribution in [0.2, 0.25) is 0 Å². The quantitative estimate of drug-likeness (QED) is 0.709. The summed E-state index contributed by atoms with van der Waals surface area (Å²) in [5, 5.41) is 12.3. The number of ether oxygens (including phenoxy) is 1. The fraction of sp³-hybridized carbons (Fsp3) is 0.909. The molecule has 0 saturated carbocycles. The van der Waals surface area contributed by atoms with Gasteiger partial charge in [-0.1, -0.05) is 13.8 Å². The Bertz CT molecular complexity index is 200. The molecule has 88 valence electrons. The lowest BCUT2D eigenvalue weighted by Gasteiger charge is -2.15. The number of carbonyl (C=O) groups excluding carboxylic acids is 1. The summed E-state index contributed by atoms with van der Waals surface area (Å²) in [6, 6.07) is 0. The van der Waals surface area contributed by atoms with Gasteiger partial charge in [0.1, 0.15) is 6.10 Å². The Morgan fingerprint density at radius 3 is 2.87 bits per heavy atom. The van der Waals surface area contributed by atoms with E-state index in [-0.39, 0.29) is 12.0 Å². The van der Waals surface area contributed by atoms with Crippen molar-refractivity contribution in [2.45, 2.75) is 45.3 Å². The number of aliphatic hydroxyl groups is 1. The third-order valence-corrected chi connectivity index (χ3v) is 2.48. The predicted octanol–water partition coefficient (Wildman–Crippen LogP) is 0.689. The predicted molar refractivity (Wildman–Crippen MR) is 57.4 cm³/mol. The van der Waals surface area contributed by atoms with Crippen LogP contribution in [0.5, 0.6) is 0 Å². The van der Waals surface area contributed by atoms with E-state index in [1.54, 1.807) is 0 Å². The molecule has 1 heterocycles.